The number of nitrogens with zero attached hydrogens (tertiary/aromatic N) is 2. The Kier molecular flexibility index (Phi) is 4.27. The molecule has 2 heterocycles. The molecule has 0 radical (unpaired) electrons. The minimum atomic E-state index is -3.23. The van der Waals surface area contributed by atoms with Crippen molar-refractivity contribution in [2.45, 2.75) is 30.2 Å². The predicted octanol–water partition coefficient (Wildman–Crippen LogP) is 2.24. The quantitative estimate of drug-likeness (QED) is 0.796. The number of anilines is 1. The third-order valence-electron chi connectivity index (χ3n) is 3.23. The van der Waals surface area contributed by atoms with Gasteiger partial charge in [0.1, 0.15) is 10.7 Å². The molecule has 0 amide bonds. The highest BCUT2D eigenvalue weighted by atomic mass is 79.9. The van der Waals surface area contributed by atoms with Crippen LogP contribution in [0.4, 0.5) is 5.82 Å². The third-order valence-corrected chi connectivity index (χ3v) is 5.09. The molecule has 0 aliphatic carbocycles. The van der Waals surface area contributed by atoms with Crippen LogP contribution in [0.5, 0.6) is 0 Å². The van der Waals surface area contributed by atoms with Crippen molar-refractivity contribution in [1.82, 2.24) is 4.98 Å². The number of piperidine rings is 1. The SMILES string of the molecule is CS(=O)(=O)c1cccnc1N1CCCCC1CBr. The van der Waals surface area contributed by atoms with E-state index in [0.29, 0.717) is 16.8 Å². The first kappa shape index (κ1) is 13.8. The highest BCUT2D eigenvalue weighted by molar-refractivity contribution is 9.09. The van der Waals surface area contributed by atoms with E-state index in [9.17, 15) is 8.42 Å². The zero-order valence-electron chi connectivity index (χ0n) is 10.3. The van der Waals surface area contributed by atoms with E-state index in [1.54, 1.807) is 18.3 Å². The van der Waals surface area contributed by atoms with Gasteiger partial charge in [0.05, 0.1) is 0 Å². The topological polar surface area (TPSA) is 50.3 Å². The highest BCUT2D eigenvalue weighted by Crippen LogP contribution is 2.29. The fourth-order valence-corrected chi connectivity index (χ4v) is 3.83. The summed E-state index contributed by atoms with van der Waals surface area (Å²) in [7, 11) is -3.23. The Balaban J connectivity index is 2.43. The summed E-state index contributed by atoms with van der Waals surface area (Å²) in [5.74, 6) is 0.601. The first-order valence-electron chi connectivity index (χ1n) is 6.01. The zero-order chi connectivity index (χ0) is 13.2. The smallest absolute Gasteiger partial charge is 0.179 e. The van der Waals surface area contributed by atoms with E-state index in [2.05, 4.69) is 25.8 Å². The first-order valence-corrected chi connectivity index (χ1v) is 9.03. The molecule has 18 heavy (non-hydrogen) atoms. The number of aromatic nitrogens is 1. The molecule has 1 unspecified atom stereocenters. The molecule has 0 saturated carbocycles. The molecule has 0 spiro atoms. The molecule has 1 aliphatic heterocycles. The van der Waals surface area contributed by atoms with E-state index < -0.39 is 9.84 Å². The van der Waals surface area contributed by atoms with Gasteiger partial charge in [-0.1, -0.05) is 15.9 Å². The highest BCUT2D eigenvalue weighted by Gasteiger charge is 2.26. The summed E-state index contributed by atoms with van der Waals surface area (Å²) in [6.45, 7) is 0.871. The van der Waals surface area contributed by atoms with Crippen molar-refractivity contribution in [3.05, 3.63) is 18.3 Å². The molecule has 1 aromatic heterocycles. The van der Waals surface area contributed by atoms with Gasteiger partial charge in [-0.15, -0.1) is 0 Å². The van der Waals surface area contributed by atoms with E-state index in [1.165, 1.54) is 12.7 Å². The lowest BCUT2D eigenvalue weighted by molar-refractivity contribution is 0.484. The molecule has 6 heteroatoms. The minimum absolute atomic E-state index is 0.328. The van der Waals surface area contributed by atoms with Crippen LogP contribution in [0.15, 0.2) is 23.2 Å². The number of pyridine rings is 1. The molecule has 100 valence electrons. The van der Waals surface area contributed by atoms with Crippen LogP contribution in [0, 0.1) is 0 Å². The van der Waals surface area contributed by atoms with Gasteiger partial charge in [0.15, 0.2) is 9.84 Å². The molecular formula is C12H17BrN2O2S. The van der Waals surface area contributed by atoms with Crippen molar-refractivity contribution in [2.75, 3.05) is 23.0 Å². The molecule has 1 aliphatic rings. The Bertz CT molecular complexity index is 519. The number of hydrogen-bond donors (Lipinski definition) is 0. The van der Waals surface area contributed by atoms with Crippen molar-refractivity contribution in [1.29, 1.82) is 0 Å². The van der Waals surface area contributed by atoms with Gasteiger partial charge < -0.3 is 4.90 Å². The number of rotatable bonds is 3. The molecule has 1 aromatic rings. The maximum absolute atomic E-state index is 11.8. The van der Waals surface area contributed by atoms with E-state index in [4.69, 9.17) is 0 Å². The molecule has 1 saturated heterocycles. The van der Waals surface area contributed by atoms with Gasteiger partial charge in [0, 0.05) is 30.4 Å². The van der Waals surface area contributed by atoms with Crippen LogP contribution in [0.25, 0.3) is 0 Å². The fraction of sp³-hybridized carbons (Fsp3) is 0.583. The van der Waals surface area contributed by atoms with Gasteiger partial charge in [-0.25, -0.2) is 13.4 Å². The molecule has 2 rings (SSSR count). The first-order chi connectivity index (χ1) is 8.54. The van der Waals surface area contributed by atoms with Crippen LogP contribution in [0.3, 0.4) is 0 Å². The summed E-state index contributed by atoms with van der Waals surface area (Å²) in [6, 6.07) is 3.64. The van der Waals surface area contributed by atoms with Crippen LogP contribution in [0.1, 0.15) is 19.3 Å². The van der Waals surface area contributed by atoms with Gasteiger partial charge >= 0.3 is 0 Å². The van der Waals surface area contributed by atoms with Gasteiger partial charge in [0.2, 0.25) is 0 Å². The van der Waals surface area contributed by atoms with Gasteiger partial charge in [-0.3, -0.25) is 0 Å². The molecule has 0 aromatic carbocycles. The maximum Gasteiger partial charge on any atom is 0.179 e. The summed E-state index contributed by atoms with van der Waals surface area (Å²) in [5.41, 5.74) is 0. The lowest BCUT2D eigenvalue weighted by Crippen LogP contribution is -2.41. The van der Waals surface area contributed by atoms with E-state index >= 15 is 0 Å². The van der Waals surface area contributed by atoms with Crippen LogP contribution in [-0.2, 0) is 9.84 Å². The summed E-state index contributed by atoms with van der Waals surface area (Å²) in [6.07, 6.45) is 6.24. The molecule has 1 fully saturated rings. The largest absolute Gasteiger partial charge is 0.352 e. The number of halogens is 1. The maximum atomic E-state index is 11.8. The Hall–Kier alpha value is -0.620. The second-order valence-corrected chi connectivity index (χ2v) is 7.23. The molecule has 0 bridgehead atoms. The minimum Gasteiger partial charge on any atom is -0.352 e. The van der Waals surface area contributed by atoms with E-state index in [0.717, 1.165) is 24.7 Å². The van der Waals surface area contributed by atoms with E-state index in [1.807, 2.05) is 0 Å². The Morgan fingerprint density at radius 2 is 2.28 bits per heavy atom. The number of sulfone groups is 1. The number of hydrogen-bond acceptors (Lipinski definition) is 4. The van der Waals surface area contributed by atoms with Crippen LogP contribution in [0.2, 0.25) is 0 Å². The van der Waals surface area contributed by atoms with Crippen LogP contribution >= 0.6 is 15.9 Å². The van der Waals surface area contributed by atoms with Crippen molar-refractivity contribution in [3.8, 4) is 0 Å². The van der Waals surface area contributed by atoms with Gasteiger partial charge in [0.25, 0.3) is 0 Å². The summed E-state index contributed by atoms with van der Waals surface area (Å²) in [4.78, 5) is 6.74. The number of alkyl halides is 1. The molecular weight excluding hydrogens is 316 g/mol. The van der Waals surface area contributed by atoms with Crippen LogP contribution in [-0.4, -0.2) is 37.6 Å². The lowest BCUT2D eigenvalue weighted by atomic mass is 10.0. The van der Waals surface area contributed by atoms with E-state index in [-0.39, 0.29) is 0 Å². The van der Waals surface area contributed by atoms with Crippen molar-refractivity contribution < 1.29 is 8.42 Å². The summed E-state index contributed by atoms with van der Waals surface area (Å²) < 4.78 is 23.6. The second-order valence-electron chi connectivity index (χ2n) is 4.59. The lowest BCUT2D eigenvalue weighted by Gasteiger charge is -2.36. The average molecular weight is 333 g/mol. The molecule has 0 N–H and O–H groups in total. The van der Waals surface area contributed by atoms with Gasteiger partial charge in [-0.05, 0) is 31.4 Å². The van der Waals surface area contributed by atoms with Crippen LogP contribution < -0.4 is 4.90 Å². The van der Waals surface area contributed by atoms with Crippen molar-refractivity contribution >= 4 is 31.6 Å². The Morgan fingerprint density at radius 1 is 1.50 bits per heavy atom. The third kappa shape index (κ3) is 2.85. The standard InChI is InChI=1S/C12H17BrN2O2S/c1-18(16,17)11-6-4-7-14-12(11)15-8-3-2-5-10(15)9-13/h4,6-7,10H,2-3,5,8-9H2,1H3. The predicted molar refractivity (Wildman–Crippen MR) is 76.1 cm³/mol. The zero-order valence-corrected chi connectivity index (χ0v) is 12.7. The Morgan fingerprint density at radius 3 is 2.94 bits per heavy atom. The fourth-order valence-electron chi connectivity index (χ4n) is 2.33. The Labute approximate surface area is 116 Å². The molecule has 1 atom stereocenters. The van der Waals surface area contributed by atoms with Crippen molar-refractivity contribution in [2.24, 2.45) is 0 Å². The second kappa shape index (κ2) is 5.57. The monoisotopic (exact) mass is 332 g/mol. The van der Waals surface area contributed by atoms with Crippen molar-refractivity contribution in [3.63, 3.8) is 0 Å². The molecule has 4 nitrogen and oxygen atoms in total. The average Bonchev–Trinajstić information content (AvgIpc) is 2.37. The summed E-state index contributed by atoms with van der Waals surface area (Å²) >= 11 is 3.50. The van der Waals surface area contributed by atoms with Gasteiger partial charge in [-0.2, -0.15) is 0 Å². The summed E-state index contributed by atoms with van der Waals surface area (Å²) in [5, 5.41) is 0.840. The normalized spacial score (nSPS) is 21.0.